The van der Waals surface area contributed by atoms with E-state index in [0.717, 1.165) is 29.8 Å². The maximum absolute atomic E-state index is 6.30. The molecule has 0 aliphatic carbocycles. The zero-order chi connectivity index (χ0) is 13.1. The number of rotatable bonds is 4. The maximum Gasteiger partial charge on any atom is 0.0423 e. The Balaban J connectivity index is 2.13. The number of hydrogen-bond acceptors (Lipinski definition) is 3. The molecule has 2 heterocycles. The second-order valence-electron chi connectivity index (χ2n) is 4.66. The number of aryl methyl sites for hydroxylation is 3. The van der Waals surface area contributed by atoms with Crippen molar-refractivity contribution in [2.24, 2.45) is 5.73 Å². The average molecular weight is 260 g/mol. The zero-order valence-corrected chi connectivity index (χ0v) is 12.1. The van der Waals surface area contributed by atoms with Gasteiger partial charge in [0.05, 0.1) is 0 Å². The minimum Gasteiger partial charge on any atom is -0.324 e. The van der Waals surface area contributed by atoms with E-state index in [0.29, 0.717) is 0 Å². The largest absolute Gasteiger partial charge is 0.324 e. The molecule has 0 amide bonds. The van der Waals surface area contributed by atoms with Crippen LogP contribution in [0.3, 0.4) is 0 Å². The number of nitrogens with two attached hydrogens (primary N) is 1. The first-order valence-corrected chi connectivity index (χ1v) is 7.19. The fraction of sp³-hybridized carbons (Fsp3) is 0.400. The summed E-state index contributed by atoms with van der Waals surface area (Å²) in [6.45, 7) is 6.23. The summed E-state index contributed by atoms with van der Waals surface area (Å²) in [5, 5.41) is 0. The van der Waals surface area contributed by atoms with Crippen molar-refractivity contribution in [1.29, 1.82) is 0 Å². The first kappa shape index (κ1) is 13.2. The Hall–Kier alpha value is -1.19. The summed E-state index contributed by atoms with van der Waals surface area (Å²) in [5.41, 5.74) is 9.55. The Morgan fingerprint density at radius 1 is 1.17 bits per heavy atom. The molecule has 96 valence electrons. The zero-order valence-electron chi connectivity index (χ0n) is 11.2. The molecule has 2 N–H and O–H groups in total. The van der Waals surface area contributed by atoms with Crippen molar-refractivity contribution >= 4 is 11.3 Å². The van der Waals surface area contributed by atoms with Gasteiger partial charge in [-0.15, -0.1) is 11.3 Å². The minimum absolute atomic E-state index is 0.0430. The number of hydrogen-bond donors (Lipinski definition) is 1. The number of thiophene rings is 1. The fourth-order valence-electron chi connectivity index (χ4n) is 2.14. The van der Waals surface area contributed by atoms with Crippen LogP contribution in [0.2, 0.25) is 0 Å². The van der Waals surface area contributed by atoms with Crippen molar-refractivity contribution in [2.45, 2.75) is 39.7 Å². The van der Waals surface area contributed by atoms with Gasteiger partial charge in [-0.25, -0.2) is 0 Å². The predicted molar refractivity (Wildman–Crippen MR) is 78.0 cm³/mol. The summed E-state index contributed by atoms with van der Waals surface area (Å²) in [6, 6.07) is 8.58. The second kappa shape index (κ2) is 5.63. The monoisotopic (exact) mass is 260 g/mol. The van der Waals surface area contributed by atoms with E-state index in [1.165, 1.54) is 9.75 Å². The molecule has 2 rings (SSSR count). The van der Waals surface area contributed by atoms with E-state index in [1.54, 1.807) is 0 Å². The average Bonchev–Trinajstić information content (AvgIpc) is 2.76. The molecule has 0 fully saturated rings. The first-order valence-electron chi connectivity index (χ1n) is 6.37. The molecule has 2 aromatic heterocycles. The van der Waals surface area contributed by atoms with Crippen LogP contribution in [0.15, 0.2) is 24.3 Å². The Kier molecular flexibility index (Phi) is 4.15. The molecule has 0 saturated carbocycles. The molecule has 0 spiro atoms. The maximum atomic E-state index is 6.30. The van der Waals surface area contributed by atoms with Gasteiger partial charge in [-0.2, -0.15) is 0 Å². The third-order valence-corrected chi connectivity index (χ3v) is 4.40. The first-order chi connectivity index (χ1) is 8.60. The van der Waals surface area contributed by atoms with E-state index < -0.39 is 0 Å². The summed E-state index contributed by atoms with van der Waals surface area (Å²) >= 11 is 1.86. The molecule has 0 radical (unpaired) electrons. The van der Waals surface area contributed by atoms with Crippen LogP contribution in [0.4, 0.5) is 0 Å². The molecule has 3 heteroatoms. The van der Waals surface area contributed by atoms with Gasteiger partial charge < -0.3 is 5.73 Å². The highest BCUT2D eigenvalue weighted by Gasteiger charge is 2.12. The Bertz CT molecular complexity index is 531. The van der Waals surface area contributed by atoms with Crippen LogP contribution in [0.25, 0.3) is 0 Å². The van der Waals surface area contributed by atoms with Crippen molar-refractivity contribution in [1.82, 2.24) is 4.98 Å². The standard InChI is InChI=1S/C15H20N2S/c1-4-12-6-7-13(18-12)9-15(16)14-8-5-10(2)17-11(14)3/h5-8,15H,4,9,16H2,1-3H3. The molecule has 0 bridgehead atoms. The lowest BCUT2D eigenvalue weighted by Crippen LogP contribution is -2.15. The van der Waals surface area contributed by atoms with E-state index in [-0.39, 0.29) is 6.04 Å². The third-order valence-electron chi connectivity index (χ3n) is 3.15. The van der Waals surface area contributed by atoms with Crippen LogP contribution >= 0.6 is 11.3 Å². The highest BCUT2D eigenvalue weighted by Crippen LogP contribution is 2.24. The lowest BCUT2D eigenvalue weighted by atomic mass is 10.0. The smallest absolute Gasteiger partial charge is 0.0423 e. The van der Waals surface area contributed by atoms with Crippen LogP contribution in [-0.2, 0) is 12.8 Å². The topological polar surface area (TPSA) is 38.9 Å². The van der Waals surface area contributed by atoms with Gasteiger partial charge in [-0.1, -0.05) is 13.0 Å². The van der Waals surface area contributed by atoms with Crippen LogP contribution < -0.4 is 5.73 Å². The van der Waals surface area contributed by atoms with Gasteiger partial charge in [0, 0.05) is 33.6 Å². The van der Waals surface area contributed by atoms with E-state index in [4.69, 9.17) is 5.73 Å². The number of pyridine rings is 1. The Labute approximate surface area is 113 Å². The third kappa shape index (κ3) is 2.98. The molecule has 0 aliphatic rings. The molecule has 18 heavy (non-hydrogen) atoms. The molecule has 2 nitrogen and oxygen atoms in total. The summed E-state index contributed by atoms with van der Waals surface area (Å²) in [5.74, 6) is 0. The van der Waals surface area contributed by atoms with Gasteiger partial charge in [0.25, 0.3) is 0 Å². The molecule has 1 atom stereocenters. The van der Waals surface area contributed by atoms with Gasteiger partial charge in [0.2, 0.25) is 0 Å². The van der Waals surface area contributed by atoms with Gasteiger partial charge in [0.15, 0.2) is 0 Å². The molecular formula is C15H20N2S. The summed E-state index contributed by atoms with van der Waals surface area (Å²) in [4.78, 5) is 7.27. The van der Waals surface area contributed by atoms with E-state index in [1.807, 2.05) is 31.3 Å². The lowest BCUT2D eigenvalue weighted by molar-refractivity contribution is 0.717. The van der Waals surface area contributed by atoms with Crippen LogP contribution in [0, 0.1) is 13.8 Å². The second-order valence-corrected chi connectivity index (χ2v) is 5.91. The van der Waals surface area contributed by atoms with Gasteiger partial charge >= 0.3 is 0 Å². The van der Waals surface area contributed by atoms with E-state index >= 15 is 0 Å². The Morgan fingerprint density at radius 2 is 1.89 bits per heavy atom. The fourth-order valence-corrected chi connectivity index (χ4v) is 3.15. The SMILES string of the molecule is CCc1ccc(CC(N)c2ccc(C)nc2C)s1. The number of nitrogens with zero attached hydrogens (tertiary/aromatic N) is 1. The van der Waals surface area contributed by atoms with Crippen LogP contribution in [0.5, 0.6) is 0 Å². The quantitative estimate of drug-likeness (QED) is 0.913. The van der Waals surface area contributed by atoms with Crippen molar-refractivity contribution in [3.05, 3.63) is 51.0 Å². The van der Waals surface area contributed by atoms with E-state index in [9.17, 15) is 0 Å². The number of aromatic nitrogens is 1. The molecular weight excluding hydrogens is 240 g/mol. The Morgan fingerprint density at radius 3 is 2.50 bits per heavy atom. The van der Waals surface area contributed by atoms with Crippen molar-refractivity contribution < 1.29 is 0 Å². The lowest BCUT2D eigenvalue weighted by Gasteiger charge is -2.13. The van der Waals surface area contributed by atoms with Crippen molar-refractivity contribution in [3.8, 4) is 0 Å². The van der Waals surface area contributed by atoms with Gasteiger partial charge in [0.1, 0.15) is 0 Å². The van der Waals surface area contributed by atoms with E-state index in [2.05, 4.69) is 30.1 Å². The minimum atomic E-state index is 0.0430. The van der Waals surface area contributed by atoms with Gasteiger partial charge in [-0.3, -0.25) is 4.98 Å². The molecule has 0 aliphatic heterocycles. The highest BCUT2D eigenvalue weighted by molar-refractivity contribution is 7.11. The molecule has 1 unspecified atom stereocenters. The molecule has 0 saturated heterocycles. The predicted octanol–water partition coefficient (Wildman–Crippen LogP) is 3.56. The normalized spacial score (nSPS) is 12.7. The van der Waals surface area contributed by atoms with Crippen LogP contribution in [-0.4, -0.2) is 4.98 Å². The van der Waals surface area contributed by atoms with Crippen molar-refractivity contribution in [3.63, 3.8) is 0 Å². The summed E-state index contributed by atoms with van der Waals surface area (Å²) in [7, 11) is 0. The molecule has 0 aromatic carbocycles. The van der Waals surface area contributed by atoms with Crippen LogP contribution in [0.1, 0.15) is 39.7 Å². The van der Waals surface area contributed by atoms with Crippen molar-refractivity contribution in [2.75, 3.05) is 0 Å². The van der Waals surface area contributed by atoms with Gasteiger partial charge in [-0.05, 0) is 44.0 Å². The summed E-state index contributed by atoms with van der Waals surface area (Å²) < 4.78 is 0. The molecule has 2 aromatic rings. The summed E-state index contributed by atoms with van der Waals surface area (Å²) in [6.07, 6.45) is 2.00. The highest BCUT2D eigenvalue weighted by atomic mass is 32.1.